The lowest BCUT2D eigenvalue weighted by Crippen LogP contribution is -2.43. The van der Waals surface area contributed by atoms with E-state index in [9.17, 15) is 23.4 Å². The van der Waals surface area contributed by atoms with Crippen LogP contribution >= 0.6 is 0 Å². The number of rotatable bonds is 12. The molecular weight excluding hydrogens is 522 g/mol. The number of aliphatic hydroxyl groups excluding tert-OH is 2. The molecule has 9 nitrogen and oxygen atoms in total. The zero-order valence-electron chi connectivity index (χ0n) is 22.7. The van der Waals surface area contributed by atoms with Crippen molar-refractivity contribution in [2.24, 2.45) is 17.8 Å². The van der Waals surface area contributed by atoms with Gasteiger partial charge in [0.25, 0.3) is 0 Å². The van der Waals surface area contributed by atoms with E-state index in [4.69, 9.17) is 14.2 Å². The van der Waals surface area contributed by atoms with Crippen molar-refractivity contribution in [3.63, 3.8) is 0 Å². The third-order valence-electron chi connectivity index (χ3n) is 7.26. The number of hydrogen-bond acceptors (Lipinski definition) is 8. The predicted molar refractivity (Wildman–Crippen MR) is 144 cm³/mol. The second-order valence-electron chi connectivity index (χ2n) is 11.0. The zero-order valence-corrected chi connectivity index (χ0v) is 23.5. The first kappa shape index (κ1) is 29.6. The molecule has 4 rings (SSSR count). The standard InChI is InChI=1S/C29H39NO8S/c1-19(2)15-30(39(34,35)23-11-9-20(3)10-12-23)16-24(31)22(13-21-7-5-4-6-8-21)14-27(33)38-26-18-37-29-28(26)25(32)17-36-29/h4-12,19,22,24-26,28-29,31-32H,13-18H2,1-3H3/t22-,24?,25-,26+,28?,29-/m1/s1. The molecule has 0 saturated carbocycles. The normalized spacial score (nSPS) is 24.6. The quantitative estimate of drug-likeness (QED) is 0.379. The molecule has 0 amide bonds. The number of aliphatic hydroxyl groups is 2. The summed E-state index contributed by atoms with van der Waals surface area (Å²) in [6, 6.07) is 16.1. The monoisotopic (exact) mass is 561 g/mol. The fourth-order valence-electron chi connectivity index (χ4n) is 5.18. The number of nitrogens with zero attached hydrogens (tertiary/aromatic N) is 1. The summed E-state index contributed by atoms with van der Waals surface area (Å²) in [7, 11) is -3.88. The fraction of sp³-hybridized carbons (Fsp3) is 0.552. The van der Waals surface area contributed by atoms with Crippen LogP contribution < -0.4 is 0 Å². The molecule has 2 aliphatic heterocycles. The van der Waals surface area contributed by atoms with E-state index in [1.165, 1.54) is 4.31 Å². The number of benzene rings is 2. The number of carbonyl (C=O) groups is 1. The summed E-state index contributed by atoms with van der Waals surface area (Å²) < 4.78 is 45.0. The number of hydrogen-bond donors (Lipinski definition) is 2. The van der Waals surface area contributed by atoms with Gasteiger partial charge in [-0.15, -0.1) is 0 Å². The molecule has 6 atom stereocenters. The van der Waals surface area contributed by atoms with Crippen LogP contribution in [0, 0.1) is 24.7 Å². The van der Waals surface area contributed by atoms with E-state index in [1.54, 1.807) is 24.3 Å². The molecule has 0 bridgehead atoms. The highest BCUT2D eigenvalue weighted by atomic mass is 32.2. The van der Waals surface area contributed by atoms with Crippen molar-refractivity contribution in [2.75, 3.05) is 26.3 Å². The largest absolute Gasteiger partial charge is 0.459 e. The van der Waals surface area contributed by atoms with Crippen LogP contribution in [-0.2, 0) is 35.4 Å². The Morgan fingerprint density at radius 2 is 1.72 bits per heavy atom. The molecule has 2 aromatic rings. The Bertz CT molecular complexity index is 1190. The molecule has 0 aliphatic carbocycles. The first-order valence-corrected chi connectivity index (χ1v) is 14.9. The Hall–Kier alpha value is -2.34. The Morgan fingerprint density at radius 3 is 2.38 bits per heavy atom. The Morgan fingerprint density at radius 1 is 1.05 bits per heavy atom. The number of esters is 1. The summed E-state index contributed by atoms with van der Waals surface area (Å²) in [5, 5.41) is 21.6. The van der Waals surface area contributed by atoms with Gasteiger partial charge in [0.15, 0.2) is 6.29 Å². The van der Waals surface area contributed by atoms with Gasteiger partial charge in [-0.3, -0.25) is 4.79 Å². The summed E-state index contributed by atoms with van der Waals surface area (Å²) >= 11 is 0. The molecule has 2 heterocycles. The first-order valence-electron chi connectivity index (χ1n) is 13.4. The second-order valence-corrected chi connectivity index (χ2v) is 12.9. The number of sulfonamides is 1. The van der Waals surface area contributed by atoms with Crippen LogP contribution in [0.3, 0.4) is 0 Å². The van der Waals surface area contributed by atoms with Crippen LogP contribution in [0.4, 0.5) is 0 Å². The first-order chi connectivity index (χ1) is 18.5. The number of fused-ring (bicyclic) bond motifs is 1. The van der Waals surface area contributed by atoms with Crippen molar-refractivity contribution in [2.45, 2.75) is 63.1 Å². The molecular formula is C29H39NO8S. The third-order valence-corrected chi connectivity index (χ3v) is 9.10. The highest BCUT2D eigenvalue weighted by Crippen LogP contribution is 2.34. The Labute approximate surface area is 230 Å². The van der Waals surface area contributed by atoms with Crippen molar-refractivity contribution in [1.29, 1.82) is 0 Å². The Balaban J connectivity index is 1.51. The lowest BCUT2D eigenvalue weighted by Gasteiger charge is -2.30. The van der Waals surface area contributed by atoms with Gasteiger partial charge in [0.05, 0.1) is 42.7 Å². The lowest BCUT2D eigenvalue weighted by atomic mass is 9.90. The van der Waals surface area contributed by atoms with E-state index in [0.29, 0.717) is 6.42 Å². The van der Waals surface area contributed by atoms with Crippen molar-refractivity contribution in [3.05, 3.63) is 65.7 Å². The minimum Gasteiger partial charge on any atom is -0.459 e. The van der Waals surface area contributed by atoms with Crippen LogP contribution in [0.5, 0.6) is 0 Å². The predicted octanol–water partition coefficient (Wildman–Crippen LogP) is 2.53. The van der Waals surface area contributed by atoms with E-state index < -0.39 is 52.4 Å². The van der Waals surface area contributed by atoms with Gasteiger partial charge in [0.1, 0.15) is 6.10 Å². The van der Waals surface area contributed by atoms with Gasteiger partial charge >= 0.3 is 5.97 Å². The van der Waals surface area contributed by atoms with Gasteiger partial charge in [-0.2, -0.15) is 4.31 Å². The van der Waals surface area contributed by atoms with Crippen LogP contribution in [-0.4, -0.2) is 79.8 Å². The zero-order chi connectivity index (χ0) is 28.2. The third kappa shape index (κ3) is 7.45. The number of carbonyl (C=O) groups excluding carboxylic acids is 1. The van der Waals surface area contributed by atoms with Crippen molar-refractivity contribution in [1.82, 2.24) is 4.31 Å². The molecule has 2 aliphatic rings. The van der Waals surface area contributed by atoms with Gasteiger partial charge in [-0.1, -0.05) is 61.9 Å². The maximum Gasteiger partial charge on any atom is 0.306 e. The van der Waals surface area contributed by atoms with E-state index in [1.807, 2.05) is 51.1 Å². The van der Waals surface area contributed by atoms with Crippen LogP contribution in [0.25, 0.3) is 0 Å². The number of aryl methyl sites for hydroxylation is 1. The van der Waals surface area contributed by atoms with E-state index >= 15 is 0 Å². The topological polar surface area (TPSA) is 123 Å². The van der Waals surface area contributed by atoms with Gasteiger partial charge in [-0.05, 0) is 37.0 Å². The van der Waals surface area contributed by atoms with E-state index in [2.05, 4.69) is 0 Å². The summed E-state index contributed by atoms with van der Waals surface area (Å²) in [6.45, 7) is 6.03. The van der Waals surface area contributed by atoms with Gasteiger partial charge in [0.2, 0.25) is 10.0 Å². The highest BCUT2D eigenvalue weighted by Gasteiger charge is 2.49. The van der Waals surface area contributed by atoms with Gasteiger partial charge in [-0.25, -0.2) is 8.42 Å². The highest BCUT2D eigenvalue weighted by molar-refractivity contribution is 7.89. The lowest BCUT2D eigenvalue weighted by molar-refractivity contribution is -0.154. The molecule has 2 N–H and O–H groups in total. The summed E-state index contributed by atoms with van der Waals surface area (Å²) in [5.74, 6) is -1.58. The summed E-state index contributed by atoms with van der Waals surface area (Å²) in [6.07, 6.45) is -2.92. The van der Waals surface area contributed by atoms with Crippen LogP contribution in [0.1, 0.15) is 31.4 Å². The molecule has 214 valence electrons. The van der Waals surface area contributed by atoms with Gasteiger partial charge in [0, 0.05) is 19.0 Å². The van der Waals surface area contributed by atoms with Crippen molar-refractivity contribution >= 4 is 16.0 Å². The van der Waals surface area contributed by atoms with E-state index in [-0.39, 0.29) is 43.5 Å². The molecule has 2 fully saturated rings. The van der Waals surface area contributed by atoms with Crippen LogP contribution in [0.2, 0.25) is 0 Å². The molecule has 2 aromatic carbocycles. The molecule has 39 heavy (non-hydrogen) atoms. The minimum absolute atomic E-state index is 0.0188. The molecule has 10 heteroatoms. The average molecular weight is 562 g/mol. The fourth-order valence-corrected chi connectivity index (χ4v) is 6.80. The van der Waals surface area contributed by atoms with Gasteiger partial charge < -0.3 is 24.4 Å². The van der Waals surface area contributed by atoms with Crippen LogP contribution in [0.15, 0.2) is 59.5 Å². The maximum atomic E-state index is 13.6. The molecule has 0 radical (unpaired) electrons. The second kappa shape index (κ2) is 12.9. The molecule has 0 spiro atoms. The average Bonchev–Trinajstić information content (AvgIpc) is 3.46. The summed E-state index contributed by atoms with van der Waals surface area (Å²) in [5.41, 5.74) is 1.86. The van der Waals surface area contributed by atoms with Crippen molar-refractivity contribution < 1.29 is 37.6 Å². The van der Waals surface area contributed by atoms with Crippen molar-refractivity contribution in [3.8, 4) is 0 Å². The molecule has 2 unspecified atom stereocenters. The Kier molecular flexibility index (Phi) is 9.79. The van der Waals surface area contributed by atoms with E-state index in [0.717, 1.165) is 11.1 Å². The maximum absolute atomic E-state index is 13.6. The summed E-state index contributed by atoms with van der Waals surface area (Å²) in [4.78, 5) is 13.2. The number of ether oxygens (including phenoxy) is 3. The molecule has 2 saturated heterocycles. The smallest absolute Gasteiger partial charge is 0.306 e. The molecule has 0 aromatic heterocycles. The SMILES string of the molecule is Cc1ccc(S(=O)(=O)N(CC(C)C)CC(O)[C@@H](CC(=O)O[C@H]2CO[C@H]3OC[C@@H](O)C32)Cc2ccccc2)cc1. The minimum atomic E-state index is -3.88.